The maximum atomic E-state index is 14.1. The van der Waals surface area contributed by atoms with E-state index in [-0.39, 0.29) is 49.0 Å². The third-order valence-electron chi connectivity index (χ3n) is 9.98. The number of rotatable bonds is 24. The van der Waals surface area contributed by atoms with Gasteiger partial charge in [0.25, 0.3) is 0 Å². The number of primary amides is 1. The first-order valence-electron chi connectivity index (χ1n) is 20.1. The van der Waals surface area contributed by atoms with Crippen molar-refractivity contribution in [3.63, 3.8) is 0 Å². The van der Waals surface area contributed by atoms with E-state index in [9.17, 15) is 33.9 Å². The van der Waals surface area contributed by atoms with E-state index >= 15 is 0 Å². The molecule has 0 saturated carbocycles. The Kier molecular flexibility index (Phi) is 20.4. The Morgan fingerprint density at radius 1 is 0.614 bits per heavy atom. The van der Waals surface area contributed by atoms with Crippen LogP contribution in [0.25, 0.3) is 0 Å². The van der Waals surface area contributed by atoms with E-state index in [0.29, 0.717) is 12.8 Å². The highest BCUT2D eigenvalue weighted by Crippen LogP contribution is 2.14. The summed E-state index contributed by atoms with van der Waals surface area (Å²) in [6, 6.07) is 13.1. The zero-order valence-electron chi connectivity index (χ0n) is 35.1. The molecule has 57 heavy (non-hydrogen) atoms. The van der Waals surface area contributed by atoms with Crippen LogP contribution >= 0.6 is 0 Å². The SMILES string of the molecule is CC[C@H](C)[C@H](NC(=O)[C@H](Cc1ccccc1)NC[C@@H](O)[C@H](Cc1ccccc1)NC(=O)[C@@H](NC(=O)[C@H](CC(C)C)NC(C)=O)C(C)C)C(=O)N[C@H](C(N)=O)C(C)C. The fourth-order valence-electron chi connectivity index (χ4n) is 6.44. The second kappa shape index (κ2) is 24.1. The van der Waals surface area contributed by atoms with Crippen molar-refractivity contribution in [2.45, 2.75) is 130 Å². The van der Waals surface area contributed by atoms with Crippen LogP contribution in [0.5, 0.6) is 0 Å². The molecule has 0 radical (unpaired) electrons. The fraction of sp³-hybridized carbons (Fsp3) is 0.581. The van der Waals surface area contributed by atoms with Crippen molar-refractivity contribution in [3.8, 4) is 0 Å². The highest BCUT2D eigenvalue weighted by molar-refractivity contribution is 5.93. The molecule has 8 atom stereocenters. The number of aliphatic hydroxyl groups excluding tert-OH is 1. The van der Waals surface area contributed by atoms with Crippen LogP contribution in [0.4, 0.5) is 0 Å². The van der Waals surface area contributed by atoms with E-state index in [4.69, 9.17) is 5.73 Å². The molecule has 0 unspecified atom stereocenters. The molecule has 0 heterocycles. The number of hydrogen-bond donors (Lipinski definition) is 8. The Hall–Kier alpha value is -4.82. The minimum absolute atomic E-state index is 0.0989. The first-order chi connectivity index (χ1) is 26.8. The van der Waals surface area contributed by atoms with Crippen molar-refractivity contribution < 1.29 is 33.9 Å². The molecule has 2 rings (SSSR count). The topological polar surface area (TPSA) is 221 Å². The standard InChI is InChI=1S/C43H67N7O7/c1-10-28(8)38(43(57)48-36(26(4)5)39(44)53)50-40(54)33(23-31-19-15-12-16-20-31)45-24-35(52)32(22-30-17-13-11-14-18-30)47-42(56)37(27(6)7)49-41(55)34(21-25(2)3)46-29(9)51/h11-20,25-28,32-38,45,52H,10,21-24H2,1-9H3,(H2,44,53)(H,46,51)(H,47,56)(H,48,57)(H,49,55)(H,50,54)/t28-,32-,33-,34-,35+,36-,37-,38-/m0/s1. The molecule has 0 fully saturated rings. The summed E-state index contributed by atoms with van der Waals surface area (Å²) in [7, 11) is 0. The van der Waals surface area contributed by atoms with Crippen LogP contribution in [0.3, 0.4) is 0 Å². The molecule has 0 aromatic heterocycles. The molecule has 9 N–H and O–H groups in total. The first kappa shape index (κ1) is 48.3. The van der Waals surface area contributed by atoms with Gasteiger partial charge < -0.3 is 42.7 Å². The number of nitrogens with two attached hydrogens (primary N) is 1. The molecule has 0 bridgehead atoms. The number of nitrogens with one attached hydrogen (secondary N) is 6. The van der Waals surface area contributed by atoms with Crippen LogP contribution in [0.1, 0.15) is 86.3 Å². The minimum Gasteiger partial charge on any atom is -0.390 e. The Morgan fingerprint density at radius 3 is 1.56 bits per heavy atom. The van der Waals surface area contributed by atoms with Gasteiger partial charge in [0, 0.05) is 13.5 Å². The monoisotopic (exact) mass is 794 g/mol. The fourth-order valence-corrected chi connectivity index (χ4v) is 6.44. The Bertz CT molecular complexity index is 1590. The maximum Gasteiger partial charge on any atom is 0.243 e. The number of benzene rings is 2. The second-order valence-electron chi connectivity index (χ2n) is 16.1. The summed E-state index contributed by atoms with van der Waals surface area (Å²) in [5.41, 5.74) is 7.23. The van der Waals surface area contributed by atoms with Crippen LogP contribution in [0, 0.1) is 23.7 Å². The van der Waals surface area contributed by atoms with Gasteiger partial charge in [0.2, 0.25) is 35.4 Å². The van der Waals surface area contributed by atoms with Crippen molar-refractivity contribution in [1.29, 1.82) is 0 Å². The number of hydrogen-bond acceptors (Lipinski definition) is 8. The van der Waals surface area contributed by atoms with Gasteiger partial charge in [-0.05, 0) is 54.1 Å². The van der Waals surface area contributed by atoms with E-state index < -0.39 is 71.9 Å². The molecule has 0 saturated heterocycles. The average molecular weight is 794 g/mol. The second-order valence-corrected chi connectivity index (χ2v) is 16.1. The van der Waals surface area contributed by atoms with Gasteiger partial charge in [-0.3, -0.25) is 28.8 Å². The molecule has 2 aromatic carbocycles. The zero-order valence-corrected chi connectivity index (χ0v) is 35.1. The Labute approximate surface area is 338 Å². The van der Waals surface area contributed by atoms with Crippen molar-refractivity contribution >= 4 is 35.4 Å². The van der Waals surface area contributed by atoms with Gasteiger partial charge in [-0.1, -0.05) is 122 Å². The quantitative estimate of drug-likeness (QED) is 0.0785. The lowest BCUT2D eigenvalue weighted by Gasteiger charge is -2.31. The highest BCUT2D eigenvalue weighted by Gasteiger charge is 2.34. The van der Waals surface area contributed by atoms with Crippen molar-refractivity contribution in [3.05, 3.63) is 71.8 Å². The van der Waals surface area contributed by atoms with Gasteiger partial charge in [-0.15, -0.1) is 0 Å². The van der Waals surface area contributed by atoms with E-state index in [1.165, 1.54) is 6.92 Å². The van der Waals surface area contributed by atoms with E-state index in [0.717, 1.165) is 11.1 Å². The minimum atomic E-state index is -1.21. The smallest absolute Gasteiger partial charge is 0.243 e. The summed E-state index contributed by atoms with van der Waals surface area (Å²) in [6.45, 7) is 15.9. The van der Waals surface area contributed by atoms with Crippen LogP contribution in [0.2, 0.25) is 0 Å². The van der Waals surface area contributed by atoms with Gasteiger partial charge >= 0.3 is 0 Å². The molecular formula is C43H67N7O7. The number of carbonyl (C=O) groups excluding carboxylic acids is 6. The molecule has 2 aromatic rings. The van der Waals surface area contributed by atoms with Crippen molar-refractivity contribution in [1.82, 2.24) is 31.9 Å². The summed E-state index contributed by atoms with van der Waals surface area (Å²) < 4.78 is 0. The molecule has 0 aliphatic heterocycles. The lowest BCUT2D eigenvalue weighted by molar-refractivity contribution is -0.133. The van der Waals surface area contributed by atoms with Crippen LogP contribution in [0.15, 0.2) is 60.7 Å². The number of amides is 6. The number of aliphatic hydroxyl groups is 1. The average Bonchev–Trinajstić information content (AvgIpc) is 3.15. The summed E-state index contributed by atoms with van der Waals surface area (Å²) in [4.78, 5) is 78.9. The first-order valence-corrected chi connectivity index (χ1v) is 20.1. The van der Waals surface area contributed by atoms with Crippen LogP contribution in [-0.2, 0) is 41.6 Å². The molecule has 0 spiro atoms. The van der Waals surface area contributed by atoms with Crippen LogP contribution < -0.4 is 37.6 Å². The lowest BCUT2D eigenvalue weighted by atomic mass is 9.95. The van der Waals surface area contributed by atoms with Gasteiger partial charge in [0.15, 0.2) is 0 Å². The predicted molar refractivity (Wildman–Crippen MR) is 221 cm³/mol. The molecule has 14 nitrogen and oxygen atoms in total. The third-order valence-corrected chi connectivity index (χ3v) is 9.98. The Balaban J connectivity index is 2.38. The summed E-state index contributed by atoms with van der Waals surface area (Å²) in [5.74, 6) is -3.86. The molecule has 0 aliphatic rings. The lowest BCUT2D eigenvalue weighted by Crippen LogP contribution is -2.60. The highest BCUT2D eigenvalue weighted by atomic mass is 16.3. The normalized spacial score (nSPS) is 15.7. The summed E-state index contributed by atoms with van der Waals surface area (Å²) in [6.07, 6.45) is 0.172. The van der Waals surface area contributed by atoms with Gasteiger partial charge in [0.05, 0.1) is 18.2 Å². The van der Waals surface area contributed by atoms with Gasteiger partial charge in [-0.2, -0.15) is 0 Å². The Morgan fingerprint density at radius 2 is 1.09 bits per heavy atom. The summed E-state index contributed by atoms with van der Waals surface area (Å²) in [5, 5.41) is 29.0. The summed E-state index contributed by atoms with van der Waals surface area (Å²) >= 11 is 0. The molecule has 0 aliphatic carbocycles. The number of carbonyl (C=O) groups is 6. The van der Waals surface area contributed by atoms with Crippen molar-refractivity contribution in [2.24, 2.45) is 29.4 Å². The van der Waals surface area contributed by atoms with Gasteiger partial charge in [0.1, 0.15) is 24.2 Å². The molecule has 316 valence electrons. The molecule has 6 amide bonds. The molecule has 14 heteroatoms. The maximum absolute atomic E-state index is 14.1. The van der Waals surface area contributed by atoms with E-state index in [1.54, 1.807) is 27.7 Å². The van der Waals surface area contributed by atoms with Gasteiger partial charge in [-0.25, -0.2) is 0 Å². The third kappa shape index (κ3) is 16.7. The van der Waals surface area contributed by atoms with E-state index in [1.807, 2.05) is 88.4 Å². The van der Waals surface area contributed by atoms with Crippen LogP contribution in [-0.4, -0.2) is 89.4 Å². The largest absolute Gasteiger partial charge is 0.390 e. The van der Waals surface area contributed by atoms with Crippen molar-refractivity contribution in [2.75, 3.05) is 6.54 Å². The van der Waals surface area contributed by atoms with E-state index in [2.05, 4.69) is 31.9 Å². The molecular weight excluding hydrogens is 727 g/mol. The predicted octanol–water partition coefficient (Wildman–Crippen LogP) is 2.12. The zero-order chi connectivity index (χ0) is 42.8.